The maximum atomic E-state index is 14.0. The number of ether oxygens (including phenoxy) is 2. The number of amides is 2. The average molecular weight is 620 g/mol. The van der Waals surface area contributed by atoms with Crippen LogP contribution in [0.4, 0.5) is 10.1 Å². The first-order valence-corrected chi connectivity index (χ1v) is 14.8. The van der Waals surface area contributed by atoms with E-state index >= 15 is 0 Å². The van der Waals surface area contributed by atoms with Gasteiger partial charge >= 0.3 is 0 Å². The van der Waals surface area contributed by atoms with Gasteiger partial charge in [-0.1, -0.05) is 23.7 Å². The van der Waals surface area contributed by atoms with Gasteiger partial charge in [0.05, 0.1) is 24.8 Å². The highest BCUT2D eigenvalue weighted by Crippen LogP contribution is 2.32. The Morgan fingerprint density at radius 1 is 0.952 bits per heavy atom. The van der Waals surface area contributed by atoms with Crippen LogP contribution in [0.2, 0.25) is 5.02 Å². The molecule has 0 unspecified atom stereocenters. The topological polar surface area (TPSA) is 105 Å². The van der Waals surface area contributed by atoms with Crippen molar-refractivity contribution in [2.75, 3.05) is 25.1 Å². The second-order valence-electron chi connectivity index (χ2n) is 10.6. The van der Waals surface area contributed by atoms with Crippen molar-refractivity contribution in [3.63, 3.8) is 0 Å². The van der Waals surface area contributed by atoms with E-state index in [2.05, 4.69) is 5.32 Å². The van der Waals surface area contributed by atoms with Gasteiger partial charge in [0, 0.05) is 23.2 Å². The van der Waals surface area contributed by atoms with Crippen molar-refractivity contribution >= 4 is 39.1 Å². The summed E-state index contributed by atoms with van der Waals surface area (Å²) in [4.78, 5) is 28.2. The summed E-state index contributed by atoms with van der Waals surface area (Å²) in [6.45, 7) is 6.26. The predicted octanol–water partition coefficient (Wildman–Crippen LogP) is 5.02. The molecule has 0 aliphatic carbocycles. The van der Waals surface area contributed by atoms with E-state index in [-0.39, 0.29) is 22.9 Å². The summed E-state index contributed by atoms with van der Waals surface area (Å²) >= 11 is 6.06. The van der Waals surface area contributed by atoms with E-state index in [0.717, 1.165) is 4.31 Å². The van der Waals surface area contributed by atoms with Crippen molar-refractivity contribution in [1.82, 2.24) is 10.2 Å². The van der Waals surface area contributed by atoms with Gasteiger partial charge in [-0.2, -0.15) is 0 Å². The monoisotopic (exact) mass is 619 g/mol. The quantitative estimate of drug-likeness (QED) is 0.323. The van der Waals surface area contributed by atoms with Crippen LogP contribution in [0.25, 0.3) is 0 Å². The highest BCUT2D eigenvalue weighted by molar-refractivity contribution is 7.92. The van der Waals surface area contributed by atoms with Crippen molar-refractivity contribution in [2.45, 2.75) is 50.7 Å². The Morgan fingerprint density at radius 3 is 2.10 bits per heavy atom. The molecule has 0 aliphatic rings. The van der Waals surface area contributed by atoms with Gasteiger partial charge in [-0.25, -0.2) is 12.8 Å². The van der Waals surface area contributed by atoms with E-state index in [1.54, 1.807) is 6.92 Å². The molecule has 0 fully saturated rings. The molecule has 0 bridgehead atoms. The van der Waals surface area contributed by atoms with E-state index in [1.807, 2.05) is 20.8 Å². The van der Waals surface area contributed by atoms with Gasteiger partial charge in [0.1, 0.15) is 18.4 Å². The lowest BCUT2D eigenvalue weighted by Gasteiger charge is -2.33. The first-order chi connectivity index (χ1) is 19.7. The number of carbonyl (C=O) groups excluding carboxylic acids is 2. The minimum atomic E-state index is -4.35. The fourth-order valence-electron chi connectivity index (χ4n) is 4.08. The number of carbonyl (C=O) groups is 2. The minimum absolute atomic E-state index is 0.0668. The minimum Gasteiger partial charge on any atom is -0.493 e. The molecule has 0 radical (unpaired) electrons. The van der Waals surface area contributed by atoms with E-state index in [4.69, 9.17) is 21.1 Å². The number of methoxy groups -OCH3 is 2. The fourth-order valence-corrected chi connectivity index (χ4v) is 5.64. The smallest absolute Gasteiger partial charge is 0.264 e. The molecule has 2 amide bonds. The average Bonchev–Trinajstić information content (AvgIpc) is 2.94. The lowest BCUT2D eigenvalue weighted by atomic mass is 10.1. The molecule has 226 valence electrons. The molecular weight excluding hydrogens is 585 g/mol. The summed E-state index contributed by atoms with van der Waals surface area (Å²) in [7, 11) is -1.54. The maximum Gasteiger partial charge on any atom is 0.264 e. The van der Waals surface area contributed by atoms with Crippen molar-refractivity contribution in [3.8, 4) is 11.5 Å². The third kappa shape index (κ3) is 8.13. The molecule has 1 N–H and O–H groups in total. The van der Waals surface area contributed by atoms with E-state index in [0.29, 0.717) is 16.3 Å². The zero-order valence-electron chi connectivity index (χ0n) is 24.4. The van der Waals surface area contributed by atoms with Crippen LogP contribution in [0.15, 0.2) is 71.6 Å². The summed E-state index contributed by atoms with van der Waals surface area (Å²) in [5, 5.41) is 3.23. The Morgan fingerprint density at radius 2 is 1.55 bits per heavy atom. The van der Waals surface area contributed by atoms with Crippen LogP contribution in [-0.4, -0.2) is 57.5 Å². The number of benzene rings is 3. The van der Waals surface area contributed by atoms with Gasteiger partial charge in [0.15, 0.2) is 11.5 Å². The number of hydrogen-bond acceptors (Lipinski definition) is 6. The Kier molecular flexibility index (Phi) is 10.5. The van der Waals surface area contributed by atoms with Crippen LogP contribution < -0.4 is 19.1 Å². The van der Waals surface area contributed by atoms with Gasteiger partial charge in [0.2, 0.25) is 11.8 Å². The Balaban J connectivity index is 2.07. The Bertz CT molecular complexity index is 1510. The second-order valence-corrected chi connectivity index (χ2v) is 12.9. The summed E-state index contributed by atoms with van der Waals surface area (Å²) in [6, 6.07) is 14.6. The van der Waals surface area contributed by atoms with Crippen molar-refractivity contribution in [3.05, 3.63) is 83.1 Å². The van der Waals surface area contributed by atoms with Crippen LogP contribution in [-0.2, 0) is 26.2 Å². The van der Waals surface area contributed by atoms with E-state index in [1.165, 1.54) is 85.8 Å². The van der Waals surface area contributed by atoms with E-state index < -0.39 is 45.8 Å². The predicted molar refractivity (Wildman–Crippen MR) is 160 cm³/mol. The number of nitrogens with zero attached hydrogens (tertiary/aromatic N) is 2. The van der Waals surface area contributed by atoms with Crippen molar-refractivity contribution in [1.29, 1.82) is 0 Å². The Labute approximate surface area is 251 Å². The largest absolute Gasteiger partial charge is 0.493 e. The van der Waals surface area contributed by atoms with Gasteiger partial charge in [-0.05, 0) is 81.8 Å². The second kappa shape index (κ2) is 13.4. The number of nitrogens with one attached hydrogen (secondary N) is 1. The molecule has 0 aromatic heterocycles. The molecule has 1 atom stereocenters. The molecule has 0 saturated carbocycles. The zero-order chi connectivity index (χ0) is 31.2. The first-order valence-electron chi connectivity index (χ1n) is 13.0. The highest BCUT2D eigenvalue weighted by atomic mass is 35.5. The van der Waals surface area contributed by atoms with E-state index in [9.17, 15) is 22.4 Å². The summed E-state index contributed by atoms with van der Waals surface area (Å²) in [5.74, 6) is -1.03. The van der Waals surface area contributed by atoms with Gasteiger partial charge in [-0.15, -0.1) is 0 Å². The lowest BCUT2D eigenvalue weighted by molar-refractivity contribution is -0.140. The molecule has 9 nitrogen and oxygen atoms in total. The van der Waals surface area contributed by atoms with Crippen molar-refractivity contribution < 1.29 is 31.9 Å². The van der Waals surface area contributed by atoms with Gasteiger partial charge in [-0.3, -0.25) is 13.9 Å². The lowest BCUT2D eigenvalue weighted by Crippen LogP contribution is -2.54. The van der Waals surface area contributed by atoms with Crippen LogP contribution >= 0.6 is 11.6 Å². The van der Waals surface area contributed by atoms with Crippen LogP contribution in [0.3, 0.4) is 0 Å². The molecule has 0 spiro atoms. The van der Waals surface area contributed by atoms with Gasteiger partial charge in [0.25, 0.3) is 10.0 Å². The zero-order valence-corrected chi connectivity index (χ0v) is 25.9. The molecule has 0 heterocycles. The highest BCUT2D eigenvalue weighted by Gasteiger charge is 2.33. The molecule has 0 saturated heterocycles. The standard InChI is InChI=1S/C30H35ClFN3O6S/c1-20(29(37)33-30(2,3)4)34(18-21-7-11-23(32)12-8-21)28(36)19-35(24-13-9-22(31)10-14-24)42(38,39)25-15-16-26(40-5)27(17-25)41-6/h7-17,20H,18-19H2,1-6H3,(H,33,37)/t20-/m0/s1. The van der Waals surface area contributed by atoms with Gasteiger partial charge < -0.3 is 19.7 Å². The van der Waals surface area contributed by atoms with Crippen LogP contribution in [0.5, 0.6) is 11.5 Å². The third-order valence-corrected chi connectivity index (χ3v) is 8.29. The number of anilines is 1. The SMILES string of the molecule is COc1ccc(S(=O)(=O)N(CC(=O)N(Cc2ccc(F)cc2)[C@@H](C)C(=O)NC(C)(C)C)c2ccc(Cl)cc2)cc1OC. The molecule has 42 heavy (non-hydrogen) atoms. The first kappa shape index (κ1) is 32.7. The Hall–Kier alpha value is -3.83. The number of rotatable bonds is 11. The molecule has 3 aromatic rings. The fraction of sp³-hybridized carbons (Fsp3) is 0.333. The molecule has 0 aliphatic heterocycles. The molecular formula is C30H35ClFN3O6S. The molecule has 3 rings (SSSR count). The normalized spacial score (nSPS) is 12.3. The van der Waals surface area contributed by atoms with Crippen LogP contribution in [0.1, 0.15) is 33.3 Å². The molecule has 12 heteroatoms. The summed E-state index contributed by atoms with van der Waals surface area (Å²) in [5.41, 5.74) is 0.152. The summed E-state index contributed by atoms with van der Waals surface area (Å²) < 4.78 is 53.1. The number of sulfonamides is 1. The number of hydrogen-bond donors (Lipinski definition) is 1. The summed E-state index contributed by atoms with van der Waals surface area (Å²) in [6.07, 6.45) is 0. The molecule has 3 aromatic carbocycles. The van der Waals surface area contributed by atoms with Crippen molar-refractivity contribution in [2.24, 2.45) is 0 Å². The third-order valence-electron chi connectivity index (χ3n) is 6.27. The number of halogens is 2. The van der Waals surface area contributed by atoms with Crippen LogP contribution in [0, 0.1) is 5.82 Å². The maximum absolute atomic E-state index is 14.0.